The Labute approximate surface area is 245 Å². The number of urea groups is 1. The number of rotatable bonds is 10. The van der Waals surface area contributed by atoms with E-state index in [1.807, 2.05) is 25.1 Å². The highest BCUT2D eigenvalue weighted by molar-refractivity contribution is 7.89. The van der Waals surface area contributed by atoms with E-state index in [-0.39, 0.29) is 23.0 Å². The van der Waals surface area contributed by atoms with E-state index in [1.54, 1.807) is 26.0 Å². The standard InChI is InChI=1S/C28H32Cl3N3O4S/c1-6-34(7-2)39(36,37)20-9-11-26(38-27-12-18(5)8-10-21(27)17(3)4)25(14-20)33-28(35)32-16-19-13-23(30)24(31)15-22(19)29/h8-15,17H,6-7,16H2,1-5H3,(H2,32,33,35). The Morgan fingerprint density at radius 1 is 0.923 bits per heavy atom. The second-order valence-corrected chi connectivity index (χ2v) is 12.4. The van der Waals surface area contributed by atoms with Gasteiger partial charge in [-0.3, -0.25) is 0 Å². The summed E-state index contributed by atoms with van der Waals surface area (Å²) in [6, 6.07) is 12.8. The summed E-state index contributed by atoms with van der Waals surface area (Å²) < 4.78 is 34.0. The van der Waals surface area contributed by atoms with Crippen LogP contribution in [-0.4, -0.2) is 31.8 Å². The fourth-order valence-electron chi connectivity index (χ4n) is 3.94. The predicted molar refractivity (Wildman–Crippen MR) is 159 cm³/mol. The molecule has 0 atom stereocenters. The highest BCUT2D eigenvalue weighted by Gasteiger charge is 2.24. The molecule has 11 heteroatoms. The van der Waals surface area contributed by atoms with Crippen LogP contribution < -0.4 is 15.4 Å². The van der Waals surface area contributed by atoms with Crippen LogP contribution in [0.4, 0.5) is 10.5 Å². The predicted octanol–water partition coefficient (Wildman–Crippen LogP) is 8.22. The van der Waals surface area contributed by atoms with Crippen LogP contribution in [0.25, 0.3) is 0 Å². The first-order chi connectivity index (χ1) is 18.4. The molecule has 3 aromatic carbocycles. The van der Waals surface area contributed by atoms with Crippen molar-refractivity contribution >= 4 is 56.5 Å². The Hall–Kier alpha value is -2.49. The maximum atomic E-state index is 13.2. The quantitative estimate of drug-likeness (QED) is 0.226. The largest absolute Gasteiger partial charge is 0.455 e. The van der Waals surface area contributed by atoms with Gasteiger partial charge < -0.3 is 15.4 Å². The molecule has 7 nitrogen and oxygen atoms in total. The highest BCUT2D eigenvalue weighted by atomic mass is 35.5. The zero-order valence-electron chi connectivity index (χ0n) is 22.4. The molecule has 3 rings (SSSR count). The normalized spacial score (nSPS) is 11.6. The lowest BCUT2D eigenvalue weighted by molar-refractivity contribution is 0.251. The molecule has 0 aliphatic rings. The number of amides is 2. The number of nitrogens with zero attached hydrogens (tertiary/aromatic N) is 1. The minimum absolute atomic E-state index is 0.0368. The van der Waals surface area contributed by atoms with Gasteiger partial charge in [-0.05, 0) is 65.9 Å². The average Bonchev–Trinajstić information content (AvgIpc) is 2.86. The minimum Gasteiger partial charge on any atom is -0.455 e. The van der Waals surface area contributed by atoms with Gasteiger partial charge in [-0.25, -0.2) is 13.2 Å². The van der Waals surface area contributed by atoms with Gasteiger partial charge in [0.2, 0.25) is 10.0 Å². The topological polar surface area (TPSA) is 87.7 Å². The van der Waals surface area contributed by atoms with E-state index in [1.165, 1.54) is 22.5 Å². The number of carbonyl (C=O) groups is 1. The van der Waals surface area contributed by atoms with Crippen LogP contribution in [0.2, 0.25) is 15.1 Å². The van der Waals surface area contributed by atoms with Crippen LogP contribution >= 0.6 is 34.8 Å². The molecule has 0 radical (unpaired) electrons. The summed E-state index contributed by atoms with van der Waals surface area (Å²) in [5.41, 5.74) is 2.74. The molecule has 0 aliphatic carbocycles. The number of hydrogen-bond donors (Lipinski definition) is 2. The van der Waals surface area contributed by atoms with Crippen molar-refractivity contribution in [2.75, 3.05) is 18.4 Å². The molecule has 0 aromatic heterocycles. The summed E-state index contributed by atoms with van der Waals surface area (Å²) in [7, 11) is -3.79. The van der Waals surface area contributed by atoms with Crippen molar-refractivity contribution in [2.24, 2.45) is 0 Å². The highest BCUT2D eigenvalue weighted by Crippen LogP contribution is 2.37. The van der Waals surface area contributed by atoms with Crippen LogP contribution in [0.15, 0.2) is 53.4 Å². The summed E-state index contributed by atoms with van der Waals surface area (Å²) in [5.74, 6) is 1.10. The zero-order valence-corrected chi connectivity index (χ0v) is 25.5. The van der Waals surface area contributed by atoms with Crippen molar-refractivity contribution in [3.8, 4) is 11.5 Å². The van der Waals surface area contributed by atoms with Crippen molar-refractivity contribution in [3.63, 3.8) is 0 Å². The van der Waals surface area contributed by atoms with Gasteiger partial charge in [0.05, 0.1) is 20.6 Å². The molecule has 0 saturated carbocycles. The number of hydrogen-bond acceptors (Lipinski definition) is 4. The summed E-state index contributed by atoms with van der Waals surface area (Å²) >= 11 is 18.3. The first kappa shape index (κ1) is 31.0. The third kappa shape index (κ3) is 7.58. The smallest absolute Gasteiger partial charge is 0.319 e. The fraction of sp³-hybridized carbons (Fsp3) is 0.321. The monoisotopic (exact) mass is 611 g/mol. The lowest BCUT2D eigenvalue weighted by Gasteiger charge is -2.21. The van der Waals surface area contributed by atoms with Crippen molar-refractivity contribution in [2.45, 2.75) is 52.0 Å². The molecule has 0 bridgehead atoms. The first-order valence-corrected chi connectivity index (χ1v) is 15.1. The van der Waals surface area contributed by atoms with Crippen molar-refractivity contribution in [1.82, 2.24) is 9.62 Å². The maximum Gasteiger partial charge on any atom is 0.319 e. The van der Waals surface area contributed by atoms with Crippen LogP contribution in [0.3, 0.4) is 0 Å². The Bertz CT molecular complexity index is 1460. The number of anilines is 1. The number of benzene rings is 3. The van der Waals surface area contributed by atoms with E-state index < -0.39 is 16.1 Å². The van der Waals surface area contributed by atoms with E-state index in [0.717, 1.165) is 11.1 Å². The number of carbonyl (C=O) groups excluding carboxylic acids is 1. The van der Waals surface area contributed by atoms with Gasteiger partial charge >= 0.3 is 6.03 Å². The summed E-state index contributed by atoms with van der Waals surface area (Å²) in [6.07, 6.45) is 0. The lowest BCUT2D eigenvalue weighted by Crippen LogP contribution is -2.31. The molecular weight excluding hydrogens is 581 g/mol. The Morgan fingerprint density at radius 2 is 1.59 bits per heavy atom. The molecular formula is C28H32Cl3N3O4S. The van der Waals surface area contributed by atoms with E-state index in [2.05, 4.69) is 24.5 Å². The zero-order chi connectivity index (χ0) is 28.9. The first-order valence-electron chi connectivity index (χ1n) is 12.5. The van der Waals surface area contributed by atoms with E-state index in [4.69, 9.17) is 39.5 Å². The number of nitrogens with one attached hydrogen (secondary N) is 2. The Balaban J connectivity index is 1.97. The number of ether oxygens (including phenoxy) is 1. The van der Waals surface area contributed by atoms with Crippen molar-refractivity contribution < 1.29 is 17.9 Å². The van der Waals surface area contributed by atoms with Gasteiger partial charge in [0, 0.05) is 24.7 Å². The van der Waals surface area contributed by atoms with Gasteiger partial charge in [0.1, 0.15) is 5.75 Å². The van der Waals surface area contributed by atoms with Gasteiger partial charge in [-0.2, -0.15) is 4.31 Å². The molecule has 0 saturated heterocycles. The lowest BCUT2D eigenvalue weighted by atomic mass is 10.0. The van der Waals surface area contributed by atoms with Gasteiger partial charge in [-0.15, -0.1) is 0 Å². The molecule has 2 amide bonds. The summed E-state index contributed by atoms with van der Waals surface area (Å²) in [4.78, 5) is 13.0. The van der Waals surface area contributed by atoms with Crippen molar-refractivity contribution in [1.29, 1.82) is 0 Å². The second kappa shape index (κ2) is 13.2. The molecule has 0 unspecified atom stereocenters. The Morgan fingerprint density at radius 3 is 2.23 bits per heavy atom. The molecule has 0 aliphatic heterocycles. The maximum absolute atomic E-state index is 13.2. The Kier molecular flexibility index (Phi) is 10.5. The van der Waals surface area contributed by atoms with E-state index in [0.29, 0.717) is 45.2 Å². The van der Waals surface area contributed by atoms with E-state index >= 15 is 0 Å². The van der Waals surface area contributed by atoms with Crippen LogP contribution in [0.5, 0.6) is 11.5 Å². The van der Waals surface area contributed by atoms with Crippen molar-refractivity contribution in [3.05, 3.63) is 80.3 Å². The molecule has 0 spiro atoms. The molecule has 3 aromatic rings. The SMILES string of the molecule is CCN(CC)S(=O)(=O)c1ccc(Oc2cc(C)ccc2C(C)C)c(NC(=O)NCc2cc(Cl)c(Cl)cc2Cl)c1. The number of aryl methyl sites for hydroxylation is 1. The third-order valence-electron chi connectivity index (χ3n) is 6.08. The van der Waals surface area contributed by atoms with Gasteiger partial charge in [0.25, 0.3) is 0 Å². The van der Waals surface area contributed by atoms with Gasteiger partial charge in [0.15, 0.2) is 5.75 Å². The number of sulfonamides is 1. The molecule has 210 valence electrons. The molecule has 39 heavy (non-hydrogen) atoms. The van der Waals surface area contributed by atoms with Crippen LogP contribution in [0, 0.1) is 6.92 Å². The minimum atomic E-state index is -3.79. The fourth-order valence-corrected chi connectivity index (χ4v) is 6.06. The van der Waals surface area contributed by atoms with Crippen LogP contribution in [0.1, 0.15) is 50.3 Å². The number of halogens is 3. The summed E-state index contributed by atoms with van der Waals surface area (Å²) in [5, 5.41) is 6.42. The summed E-state index contributed by atoms with van der Waals surface area (Å²) in [6.45, 7) is 10.3. The second-order valence-electron chi connectivity index (χ2n) is 9.21. The van der Waals surface area contributed by atoms with Crippen LogP contribution in [-0.2, 0) is 16.6 Å². The molecule has 0 heterocycles. The molecule has 2 N–H and O–H groups in total. The molecule has 0 fully saturated rings. The third-order valence-corrected chi connectivity index (χ3v) is 9.20. The average molecular weight is 613 g/mol. The van der Waals surface area contributed by atoms with Gasteiger partial charge in [-0.1, -0.05) is 74.6 Å². The van der Waals surface area contributed by atoms with E-state index in [9.17, 15) is 13.2 Å².